The molecule has 5 nitrogen and oxygen atoms in total. The molecule has 0 unspecified atom stereocenters. The largest absolute Gasteiger partial charge is 0.416 e. The van der Waals surface area contributed by atoms with Crippen molar-refractivity contribution in [2.45, 2.75) is 37.4 Å². The molecule has 3 N–H and O–H groups in total. The molecule has 8 heteroatoms. The van der Waals surface area contributed by atoms with Crippen molar-refractivity contribution in [2.75, 3.05) is 13.6 Å². The minimum atomic E-state index is -4.40. The highest BCUT2D eigenvalue weighted by Crippen LogP contribution is 2.41. The number of carbonyl (C=O) groups is 2. The molecule has 0 saturated heterocycles. The molecular weight excluding hydrogens is 323 g/mol. The highest BCUT2D eigenvalue weighted by atomic mass is 19.4. The van der Waals surface area contributed by atoms with Gasteiger partial charge in [0.25, 0.3) is 0 Å². The summed E-state index contributed by atoms with van der Waals surface area (Å²) in [7, 11) is 1.39. The molecule has 0 radical (unpaired) electrons. The zero-order valence-corrected chi connectivity index (χ0v) is 13.2. The molecule has 0 spiro atoms. The highest BCUT2D eigenvalue weighted by Gasteiger charge is 2.38. The molecule has 1 aliphatic rings. The summed E-state index contributed by atoms with van der Waals surface area (Å²) in [6, 6.07) is 4.70. The van der Waals surface area contributed by atoms with Gasteiger partial charge in [-0.25, -0.2) is 4.79 Å². The molecule has 0 heterocycles. The molecule has 1 fully saturated rings. The lowest BCUT2D eigenvalue weighted by molar-refractivity contribution is -0.138. The van der Waals surface area contributed by atoms with Gasteiger partial charge in [-0.05, 0) is 30.4 Å². The van der Waals surface area contributed by atoms with E-state index in [9.17, 15) is 22.8 Å². The van der Waals surface area contributed by atoms with E-state index in [1.54, 1.807) is 6.07 Å². The Morgan fingerprint density at radius 3 is 2.58 bits per heavy atom. The van der Waals surface area contributed by atoms with Crippen LogP contribution in [0, 0.1) is 0 Å². The van der Waals surface area contributed by atoms with Gasteiger partial charge in [-0.1, -0.05) is 24.6 Å². The van der Waals surface area contributed by atoms with E-state index in [-0.39, 0.29) is 24.1 Å². The van der Waals surface area contributed by atoms with E-state index in [1.165, 1.54) is 19.2 Å². The number of hydrogen-bond donors (Lipinski definition) is 3. The first-order valence-electron chi connectivity index (χ1n) is 7.74. The number of nitrogens with one attached hydrogen (secondary N) is 3. The van der Waals surface area contributed by atoms with Gasteiger partial charge in [0.05, 0.1) is 12.1 Å². The second-order valence-electron chi connectivity index (χ2n) is 5.74. The van der Waals surface area contributed by atoms with Gasteiger partial charge in [0, 0.05) is 13.1 Å². The Hall–Kier alpha value is -2.09. The van der Waals surface area contributed by atoms with Crippen LogP contribution in [-0.2, 0) is 11.0 Å². The van der Waals surface area contributed by atoms with Crippen LogP contribution in [0.2, 0.25) is 0 Å². The number of halogens is 3. The summed E-state index contributed by atoms with van der Waals surface area (Å²) in [6.07, 6.45) is -2.31. The molecule has 2 rings (SSSR count). The van der Waals surface area contributed by atoms with E-state index < -0.39 is 23.7 Å². The Balaban J connectivity index is 2.06. The number of amides is 3. The van der Waals surface area contributed by atoms with Crippen molar-refractivity contribution in [3.05, 3.63) is 35.4 Å². The topological polar surface area (TPSA) is 70.2 Å². The Bertz CT molecular complexity index is 604. The zero-order valence-electron chi connectivity index (χ0n) is 13.2. The van der Waals surface area contributed by atoms with Crippen molar-refractivity contribution in [3.8, 4) is 0 Å². The van der Waals surface area contributed by atoms with Crippen LogP contribution in [0.1, 0.15) is 36.3 Å². The Morgan fingerprint density at radius 2 is 1.92 bits per heavy atom. The first-order valence-corrected chi connectivity index (χ1v) is 7.74. The molecule has 2 atom stereocenters. The third kappa shape index (κ3) is 4.47. The fourth-order valence-electron chi connectivity index (χ4n) is 3.11. The van der Waals surface area contributed by atoms with Gasteiger partial charge in [0.1, 0.15) is 0 Å². The van der Waals surface area contributed by atoms with Crippen molar-refractivity contribution < 1.29 is 22.8 Å². The number of carbonyl (C=O) groups excluding carboxylic acids is 2. The number of alkyl halides is 3. The smallest absolute Gasteiger partial charge is 0.341 e. The van der Waals surface area contributed by atoms with Crippen LogP contribution in [0.3, 0.4) is 0 Å². The van der Waals surface area contributed by atoms with Gasteiger partial charge in [0.2, 0.25) is 5.91 Å². The molecule has 3 amide bonds. The van der Waals surface area contributed by atoms with Crippen LogP contribution in [0.5, 0.6) is 0 Å². The number of benzene rings is 1. The molecule has 132 valence electrons. The standard InChI is InChI=1S/C16H20F3N3O2/c1-20-15(24)22-14(23)9-21-13-8-4-6-11(13)10-5-2-3-7-12(10)16(17,18)19/h2-3,5,7,11,13,21H,4,6,8-9H2,1H3,(H2,20,22,23,24)/t11-,13+/m1/s1. The molecule has 1 aliphatic carbocycles. The summed E-state index contributed by atoms with van der Waals surface area (Å²) in [6.45, 7) is -0.122. The fourth-order valence-corrected chi connectivity index (χ4v) is 3.11. The normalized spacial score (nSPS) is 20.7. The van der Waals surface area contributed by atoms with E-state index in [1.807, 2.05) is 0 Å². The van der Waals surface area contributed by atoms with Crippen LogP contribution in [-0.4, -0.2) is 31.6 Å². The molecule has 1 aromatic rings. The van der Waals surface area contributed by atoms with Crippen LogP contribution < -0.4 is 16.0 Å². The van der Waals surface area contributed by atoms with E-state index in [0.717, 1.165) is 12.5 Å². The van der Waals surface area contributed by atoms with Crippen molar-refractivity contribution >= 4 is 11.9 Å². The molecule has 24 heavy (non-hydrogen) atoms. The van der Waals surface area contributed by atoms with E-state index >= 15 is 0 Å². The van der Waals surface area contributed by atoms with Crippen LogP contribution in [0.4, 0.5) is 18.0 Å². The Morgan fingerprint density at radius 1 is 1.21 bits per heavy atom. The summed E-state index contributed by atoms with van der Waals surface area (Å²) in [4.78, 5) is 22.7. The predicted molar refractivity (Wildman–Crippen MR) is 82.4 cm³/mol. The molecule has 1 saturated carbocycles. The average molecular weight is 343 g/mol. The van der Waals surface area contributed by atoms with Crippen molar-refractivity contribution in [2.24, 2.45) is 0 Å². The Labute approximate surface area is 138 Å². The summed E-state index contributed by atoms with van der Waals surface area (Å²) in [5.41, 5.74) is -0.370. The lowest BCUT2D eigenvalue weighted by atomic mass is 9.90. The van der Waals surface area contributed by atoms with E-state index in [0.29, 0.717) is 12.8 Å². The minimum Gasteiger partial charge on any atom is -0.341 e. The van der Waals surface area contributed by atoms with Crippen molar-refractivity contribution in [1.29, 1.82) is 0 Å². The van der Waals surface area contributed by atoms with Gasteiger partial charge in [-0.15, -0.1) is 0 Å². The fraction of sp³-hybridized carbons (Fsp3) is 0.500. The highest BCUT2D eigenvalue weighted by molar-refractivity contribution is 5.95. The minimum absolute atomic E-state index is 0.122. The second-order valence-corrected chi connectivity index (χ2v) is 5.74. The maximum atomic E-state index is 13.2. The van der Waals surface area contributed by atoms with Crippen LogP contribution in [0.25, 0.3) is 0 Å². The van der Waals surface area contributed by atoms with Gasteiger partial charge in [-0.3, -0.25) is 10.1 Å². The number of imide groups is 1. The number of hydrogen-bond acceptors (Lipinski definition) is 3. The summed E-state index contributed by atoms with van der Waals surface area (Å²) < 4.78 is 39.6. The summed E-state index contributed by atoms with van der Waals surface area (Å²) in [5.74, 6) is -0.834. The molecule has 0 bridgehead atoms. The maximum Gasteiger partial charge on any atom is 0.416 e. The monoisotopic (exact) mass is 343 g/mol. The molecule has 0 aromatic heterocycles. The lowest BCUT2D eigenvalue weighted by Gasteiger charge is -2.24. The first kappa shape index (κ1) is 18.3. The zero-order chi connectivity index (χ0) is 17.7. The average Bonchev–Trinajstić information content (AvgIpc) is 3.00. The van der Waals surface area contributed by atoms with Gasteiger partial charge >= 0.3 is 12.2 Å². The van der Waals surface area contributed by atoms with Gasteiger partial charge < -0.3 is 10.6 Å². The van der Waals surface area contributed by atoms with E-state index in [4.69, 9.17) is 0 Å². The van der Waals surface area contributed by atoms with Gasteiger partial charge in [0.15, 0.2) is 0 Å². The quantitative estimate of drug-likeness (QED) is 0.786. The van der Waals surface area contributed by atoms with Crippen LogP contribution in [0.15, 0.2) is 24.3 Å². The van der Waals surface area contributed by atoms with Gasteiger partial charge in [-0.2, -0.15) is 13.2 Å². The third-order valence-corrected chi connectivity index (χ3v) is 4.19. The molecule has 1 aromatic carbocycles. The molecular formula is C16H20F3N3O2. The van der Waals surface area contributed by atoms with E-state index in [2.05, 4.69) is 16.0 Å². The van der Waals surface area contributed by atoms with Crippen molar-refractivity contribution in [3.63, 3.8) is 0 Å². The Kier molecular flexibility index (Phi) is 5.82. The third-order valence-electron chi connectivity index (χ3n) is 4.19. The SMILES string of the molecule is CNC(=O)NC(=O)CN[C@H]1CCC[C@@H]1c1ccccc1C(F)(F)F. The lowest BCUT2D eigenvalue weighted by Crippen LogP contribution is -2.45. The maximum absolute atomic E-state index is 13.2. The summed E-state index contributed by atoms with van der Waals surface area (Å²) in [5, 5.41) is 7.35. The molecule has 0 aliphatic heterocycles. The van der Waals surface area contributed by atoms with Crippen molar-refractivity contribution in [1.82, 2.24) is 16.0 Å². The predicted octanol–water partition coefficient (Wildman–Crippen LogP) is 2.39. The number of rotatable bonds is 4. The summed E-state index contributed by atoms with van der Waals surface area (Å²) >= 11 is 0. The first-order chi connectivity index (χ1) is 11.3. The number of urea groups is 1. The second kappa shape index (κ2) is 7.65. The van der Waals surface area contributed by atoms with Crippen LogP contribution >= 0.6 is 0 Å².